The van der Waals surface area contributed by atoms with E-state index in [0.29, 0.717) is 6.54 Å². The molecule has 19 heavy (non-hydrogen) atoms. The maximum absolute atomic E-state index is 12.2. The summed E-state index contributed by atoms with van der Waals surface area (Å²) in [5, 5.41) is 5.06. The number of hydrogen-bond acceptors (Lipinski definition) is 2. The first kappa shape index (κ1) is 13.8. The average molecular weight is 273 g/mol. The molecule has 0 saturated heterocycles. The van der Waals surface area contributed by atoms with Crippen molar-refractivity contribution in [1.82, 2.24) is 5.32 Å². The number of amides is 1. The first-order valence-corrected chi connectivity index (χ1v) is 7.51. The summed E-state index contributed by atoms with van der Waals surface area (Å²) in [6, 6.07) is 14.2. The molecular formula is C16H19NOS. The Morgan fingerprint density at radius 2 is 2.00 bits per heavy atom. The predicted octanol–water partition coefficient (Wildman–Crippen LogP) is 3.63. The van der Waals surface area contributed by atoms with Gasteiger partial charge in [-0.2, -0.15) is 0 Å². The molecule has 1 amide bonds. The largest absolute Gasteiger partial charge is 0.351 e. The lowest BCUT2D eigenvalue weighted by Gasteiger charge is -2.14. The van der Waals surface area contributed by atoms with E-state index in [1.165, 1.54) is 10.4 Å². The van der Waals surface area contributed by atoms with Crippen molar-refractivity contribution in [3.8, 4) is 0 Å². The molecule has 100 valence electrons. The number of hydrogen-bond donors (Lipinski definition) is 1. The number of carbonyl (C=O) groups is 1. The Hall–Kier alpha value is -1.61. The second-order valence-electron chi connectivity index (χ2n) is 4.59. The Balaban J connectivity index is 1.88. The van der Waals surface area contributed by atoms with E-state index in [2.05, 4.69) is 24.4 Å². The highest BCUT2D eigenvalue weighted by Crippen LogP contribution is 2.13. The summed E-state index contributed by atoms with van der Waals surface area (Å²) >= 11 is 1.67. The van der Waals surface area contributed by atoms with Crippen LogP contribution >= 0.6 is 11.3 Å². The van der Waals surface area contributed by atoms with E-state index in [1.807, 2.05) is 35.7 Å². The van der Waals surface area contributed by atoms with Crippen LogP contribution in [0.1, 0.15) is 23.8 Å². The van der Waals surface area contributed by atoms with Crippen molar-refractivity contribution in [1.29, 1.82) is 0 Å². The third kappa shape index (κ3) is 4.21. The minimum absolute atomic E-state index is 0.0577. The van der Waals surface area contributed by atoms with Gasteiger partial charge in [-0.05, 0) is 29.9 Å². The van der Waals surface area contributed by atoms with Crippen LogP contribution in [0, 0.1) is 5.92 Å². The van der Waals surface area contributed by atoms with Crippen molar-refractivity contribution in [2.45, 2.75) is 26.3 Å². The van der Waals surface area contributed by atoms with E-state index in [-0.39, 0.29) is 11.8 Å². The van der Waals surface area contributed by atoms with E-state index >= 15 is 0 Å². The molecule has 0 saturated carbocycles. The molecule has 2 aromatic rings. The zero-order valence-electron chi connectivity index (χ0n) is 11.1. The molecule has 0 aliphatic rings. The predicted molar refractivity (Wildman–Crippen MR) is 80.1 cm³/mol. The van der Waals surface area contributed by atoms with Crippen molar-refractivity contribution >= 4 is 17.2 Å². The molecule has 1 heterocycles. The molecule has 0 spiro atoms. The summed E-state index contributed by atoms with van der Waals surface area (Å²) in [5.41, 5.74) is 1.22. The fourth-order valence-corrected chi connectivity index (χ4v) is 2.70. The first-order valence-electron chi connectivity index (χ1n) is 6.63. The number of thiophene rings is 1. The minimum atomic E-state index is 0.0577. The Labute approximate surface area is 118 Å². The number of rotatable bonds is 6. The molecule has 0 radical (unpaired) electrons. The zero-order chi connectivity index (χ0) is 13.5. The summed E-state index contributed by atoms with van der Waals surface area (Å²) in [5.74, 6) is 0.210. The Bertz CT molecular complexity index is 493. The fourth-order valence-electron chi connectivity index (χ4n) is 2.05. The van der Waals surface area contributed by atoms with Gasteiger partial charge < -0.3 is 5.32 Å². The summed E-state index contributed by atoms with van der Waals surface area (Å²) in [6.45, 7) is 2.71. The van der Waals surface area contributed by atoms with Crippen LogP contribution < -0.4 is 5.32 Å². The summed E-state index contributed by atoms with van der Waals surface area (Å²) < 4.78 is 0. The lowest BCUT2D eigenvalue weighted by molar-refractivity contribution is -0.125. The molecule has 0 aliphatic heterocycles. The molecule has 2 nitrogen and oxygen atoms in total. The molecule has 1 aromatic heterocycles. The number of carbonyl (C=O) groups excluding carboxylic acids is 1. The smallest absolute Gasteiger partial charge is 0.223 e. The van der Waals surface area contributed by atoms with Crippen molar-refractivity contribution in [2.75, 3.05) is 0 Å². The minimum Gasteiger partial charge on any atom is -0.351 e. The highest BCUT2D eigenvalue weighted by Gasteiger charge is 2.16. The van der Waals surface area contributed by atoms with Crippen LogP contribution in [-0.2, 0) is 17.8 Å². The van der Waals surface area contributed by atoms with Gasteiger partial charge in [-0.15, -0.1) is 11.3 Å². The van der Waals surface area contributed by atoms with Crippen molar-refractivity contribution in [2.24, 2.45) is 5.92 Å². The zero-order valence-corrected chi connectivity index (χ0v) is 12.0. The Morgan fingerprint density at radius 1 is 1.21 bits per heavy atom. The van der Waals surface area contributed by atoms with Crippen LogP contribution in [0.25, 0.3) is 0 Å². The van der Waals surface area contributed by atoms with E-state index in [0.717, 1.165) is 12.8 Å². The molecule has 0 fully saturated rings. The molecule has 3 heteroatoms. The fraction of sp³-hybridized carbons (Fsp3) is 0.312. The first-order chi connectivity index (χ1) is 9.29. The van der Waals surface area contributed by atoms with Crippen LogP contribution in [0.3, 0.4) is 0 Å². The van der Waals surface area contributed by atoms with Crippen LogP contribution in [0.15, 0.2) is 47.8 Å². The van der Waals surface area contributed by atoms with Crippen LogP contribution in [0.4, 0.5) is 0 Å². The van der Waals surface area contributed by atoms with Gasteiger partial charge in [-0.3, -0.25) is 4.79 Å². The second kappa shape index (κ2) is 7.10. The number of nitrogens with one attached hydrogen (secondary N) is 1. The van der Waals surface area contributed by atoms with Crippen LogP contribution in [-0.4, -0.2) is 5.91 Å². The van der Waals surface area contributed by atoms with Crippen LogP contribution in [0.5, 0.6) is 0 Å². The summed E-state index contributed by atoms with van der Waals surface area (Å²) in [6.07, 6.45) is 1.68. The molecule has 0 aliphatic carbocycles. The lowest BCUT2D eigenvalue weighted by Crippen LogP contribution is -2.31. The quantitative estimate of drug-likeness (QED) is 0.855. The highest BCUT2D eigenvalue weighted by molar-refractivity contribution is 7.09. The van der Waals surface area contributed by atoms with E-state index in [9.17, 15) is 4.79 Å². The van der Waals surface area contributed by atoms with Gasteiger partial charge in [0.2, 0.25) is 5.91 Å². The molecule has 0 bridgehead atoms. The van der Waals surface area contributed by atoms with E-state index in [4.69, 9.17) is 0 Å². The molecule has 2 rings (SSSR count). The standard InChI is InChI=1S/C16H19NOS/c1-2-14(11-13-7-4-3-5-8-13)16(18)17-12-15-9-6-10-19-15/h3-10,14H,2,11-12H2,1H3,(H,17,18). The monoisotopic (exact) mass is 273 g/mol. The molecule has 1 unspecified atom stereocenters. The molecule has 1 N–H and O–H groups in total. The van der Waals surface area contributed by atoms with Gasteiger partial charge in [0.1, 0.15) is 0 Å². The van der Waals surface area contributed by atoms with Crippen molar-refractivity contribution < 1.29 is 4.79 Å². The summed E-state index contributed by atoms with van der Waals surface area (Å²) in [7, 11) is 0. The lowest BCUT2D eigenvalue weighted by atomic mass is 9.96. The van der Waals surface area contributed by atoms with Gasteiger partial charge in [0.05, 0.1) is 6.54 Å². The maximum Gasteiger partial charge on any atom is 0.223 e. The van der Waals surface area contributed by atoms with Gasteiger partial charge in [-0.25, -0.2) is 0 Å². The van der Waals surface area contributed by atoms with Gasteiger partial charge in [-0.1, -0.05) is 43.3 Å². The van der Waals surface area contributed by atoms with Crippen LogP contribution in [0.2, 0.25) is 0 Å². The topological polar surface area (TPSA) is 29.1 Å². The molecular weight excluding hydrogens is 254 g/mol. The Kier molecular flexibility index (Phi) is 5.16. The molecule has 1 aromatic carbocycles. The van der Waals surface area contributed by atoms with Gasteiger partial charge in [0.15, 0.2) is 0 Å². The number of benzene rings is 1. The van der Waals surface area contributed by atoms with Gasteiger partial charge in [0.25, 0.3) is 0 Å². The van der Waals surface area contributed by atoms with Crippen molar-refractivity contribution in [3.05, 3.63) is 58.3 Å². The second-order valence-corrected chi connectivity index (χ2v) is 5.62. The Morgan fingerprint density at radius 3 is 2.63 bits per heavy atom. The SMILES string of the molecule is CCC(Cc1ccccc1)C(=O)NCc1cccs1. The maximum atomic E-state index is 12.2. The third-order valence-electron chi connectivity index (χ3n) is 3.21. The van der Waals surface area contributed by atoms with E-state index < -0.39 is 0 Å². The third-order valence-corrected chi connectivity index (χ3v) is 4.08. The average Bonchev–Trinajstić information content (AvgIpc) is 2.96. The highest BCUT2D eigenvalue weighted by atomic mass is 32.1. The van der Waals surface area contributed by atoms with Gasteiger partial charge in [0, 0.05) is 10.8 Å². The van der Waals surface area contributed by atoms with Gasteiger partial charge >= 0.3 is 0 Å². The normalized spacial score (nSPS) is 12.1. The van der Waals surface area contributed by atoms with Crippen molar-refractivity contribution in [3.63, 3.8) is 0 Å². The summed E-state index contributed by atoms with van der Waals surface area (Å²) in [4.78, 5) is 13.4. The molecule has 1 atom stereocenters. The van der Waals surface area contributed by atoms with E-state index in [1.54, 1.807) is 11.3 Å².